The van der Waals surface area contributed by atoms with E-state index in [4.69, 9.17) is 14.2 Å². The van der Waals surface area contributed by atoms with Crippen molar-refractivity contribution < 1.29 is 28.6 Å². The Kier molecular flexibility index (Phi) is 13.3. The number of likely N-dealkylation sites (tertiary alicyclic amines) is 1. The van der Waals surface area contributed by atoms with Gasteiger partial charge in [-0.15, -0.1) is 0 Å². The average molecular weight is 561 g/mol. The lowest BCUT2D eigenvalue weighted by Crippen LogP contribution is -2.46. The number of ether oxygens (including phenoxy) is 3. The minimum atomic E-state index is -0.901. The molecule has 1 aromatic heterocycles. The lowest BCUT2D eigenvalue weighted by molar-refractivity contribution is -0.145. The van der Waals surface area contributed by atoms with Gasteiger partial charge in [-0.05, 0) is 69.6 Å². The minimum absolute atomic E-state index is 0.0577. The Morgan fingerprint density at radius 2 is 1.54 bits per heavy atom. The molecule has 0 aliphatic carbocycles. The SMILES string of the molecule is CC.CC.COC(=O)C1CC(N(C(=O)OC(C)(C)C)c2cccc(Br)n2)CN1C(=O)OC(C)(C)C. The monoisotopic (exact) mass is 559 g/mol. The number of methoxy groups -OCH3 is 1. The zero-order chi connectivity index (χ0) is 27.6. The van der Waals surface area contributed by atoms with Gasteiger partial charge < -0.3 is 14.2 Å². The van der Waals surface area contributed by atoms with Crippen LogP contribution in [0.15, 0.2) is 22.8 Å². The third kappa shape index (κ3) is 10.4. The highest BCUT2D eigenvalue weighted by molar-refractivity contribution is 9.10. The number of carbonyl (C=O) groups is 3. The van der Waals surface area contributed by atoms with Crippen LogP contribution in [0.2, 0.25) is 0 Å². The molecule has 2 unspecified atom stereocenters. The Morgan fingerprint density at radius 1 is 1.00 bits per heavy atom. The molecular weight excluding hydrogens is 518 g/mol. The van der Waals surface area contributed by atoms with Crippen LogP contribution >= 0.6 is 15.9 Å². The second kappa shape index (κ2) is 14.3. The molecule has 1 aromatic rings. The standard InChI is InChI=1S/C21H30BrN3O6.2C2H6/c1-20(2,3)30-18(27)24-12-13(11-14(24)17(26)29-7)25(19(28)31-21(4,5)6)16-10-8-9-15(22)23-16;2*1-2/h8-10,13-14H,11-12H2,1-7H3;2*1-2H3. The molecule has 0 bridgehead atoms. The maximum absolute atomic E-state index is 13.1. The molecule has 1 aliphatic rings. The largest absolute Gasteiger partial charge is 0.467 e. The molecule has 0 aromatic carbocycles. The maximum Gasteiger partial charge on any atom is 0.416 e. The van der Waals surface area contributed by atoms with E-state index in [0.29, 0.717) is 10.4 Å². The van der Waals surface area contributed by atoms with E-state index in [1.807, 2.05) is 27.7 Å². The molecule has 2 heterocycles. The third-order valence-electron chi connectivity index (χ3n) is 4.28. The van der Waals surface area contributed by atoms with Crippen LogP contribution in [0.4, 0.5) is 15.4 Å². The van der Waals surface area contributed by atoms with Gasteiger partial charge in [0.1, 0.15) is 27.7 Å². The summed E-state index contributed by atoms with van der Waals surface area (Å²) in [6, 6.07) is 3.66. The molecule has 0 saturated carbocycles. The lowest BCUT2D eigenvalue weighted by atomic mass is 10.1. The van der Waals surface area contributed by atoms with E-state index in [-0.39, 0.29) is 13.0 Å². The molecule has 200 valence electrons. The molecular formula is C25H42BrN3O6. The van der Waals surface area contributed by atoms with Gasteiger partial charge >= 0.3 is 18.2 Å². The summed E-state index contributed by atoms with van der Waals surface area (Å²) in [4.78, 5) is 45.4. The number of esters is 1. The Bertz CT molecular complexity index is 835. The highest BCUT2D eigenvalue weighted by atomic mass is 79.9. The predicted octanol–water partition coefficient (Wildman–Crippen LogP) is 6.19. The molecule has 35 heavy (non-hydrogen) atoms. The van der Waals surface area contributed by atoms with Crippen molar-refractivity contribution in [2.75, 3.05) is 18.6 Å². The van der Waals surface area contributed by atoms with Gasteiger partial charge in [-0.1, -0.05) is 33.8 Å². The summed E-state index contributed by atoms with van der Waals surface area (Å²) >= 11 is 3.32. The Morgan fingerprint density at radius 3 is 2.00 bits per heavy atom. The van der Waals surface area contributed by atoms with E-state index in [1.165, 1.54) is 16.9 Å². The van der Waals surface area contributed by atoms with Crippen molar-refractivity contribution in [3.63, 3.8) is 0 Å². The first kappa shape index (κ1) is 32.6. The van der Waals surface area contributed by atoms with Crippen molar-refractivity contribution in [1.82, 2.24) is 9.88 Å². The number of rotatable bonds is 3. The lowest BCUT2D eigenvalue weighted by Gasteiger charge is -2.31. The highest BCUT2D eigenvalue weighted by Crippen LogP contribution is 2.30. The first-order chi connectivity index (χ1) is 16.2. The fraction of sp³-hybridized carbons (Fsp3) is 0.680. The normalized spacial score (nSPS) is 17.2. The summed E-state index contributed by atoms with van der Waals surface area (Å²) in [5.74, 6) is -0.247. The zero-order valence-corrected chi connectivity index (χ0v) is 24.6. The number of halogens is 1. The molecule has 0 spiro atoms. The highest BCUT2D eigenvalue weighted by Gasteiger charge is 2.46. The van der Waals surface area contributed by atoms with Crippen LogP contribution in [0.3, 0.4) is 0 Å². The molecule has 2 rings (SSSR count). The second-order valence-corrected chi connectivity index (χ2v) is 10.0. The molecule has 2 amide bonds. The topological polar surface area (TPSA) is 98.3 Å². The van der Waals surface area contributed by atoms with Crippen molar-refractivity contribution in [1.29, 1.82) is 0 Å². The number of nitrogens with zero attached hydrogens (tertiary/aromatic N) is 3. The van der Waals surface area contributed by atoms with Crippen molar-refractivity contribution in [2.24, 2.45) is 0 Å². The number of hydrogen-bond acceptors (Lipinski definition) is 7. The van der Waals surface area contributed by atoms with Gasteiger partial charge in [0.05, 0.1) is 13.2 Å². The van der Waals surface area contributed by atoms with Gasteiger partial charge in [0, 0.05) is 13.0 Å². The minimum Gasteiger partial charge on any atom is -0.467 e. The van der Waals surface area contributed by atoms with E-state index >= 15 is 0 Å². The summed E-state index contributed by atoms with van der Waals surface area (Å²) < 4.78 is 16.5. The van der Waals surface area contributed by atoms with E-state index in [2.05, 4.69) is 20.9 Å². The smallest absolute Gasteiger partial charge is 0.416 e. The summed E-state index contributed by atoms with van der Waals surface area (Å²) in [5, 5.41) is 0. The Balaban J connectivity index is 0.00000274. The number of amides is 2. The number of anilines is 1. The van der Waals surface area contributed by atoms with Crippen molar-refractivity contribution >= 4 is 39.9 Å². The van der Waals surface area contributed by atoms with Crippen LogP contribution in [0.1, 0.15) is 75.7 Å². The predicted molar refractivity (Wildman–Crippen MR) is 140 cm³/mol. The average Bonchev–Trinajstić information content (AvgIpc) is 3.19. The van der Waals surface area contributed by atoms with Gasteiger partial charge in [-0.2, -0.15) is 0 Å². The van der Waals surface area contributed by atoms with Gasteiger partial charge in [0.15, 0.2) is 0 Å². The Labute approximate surface area is 218 Å². The van der Waals surface area contributed by atoms with Crippen LogP contribution in [-0.4, -0.2) is 65.0 Å². The second-order valence-electron chi connectivity index (χ2n) is 9.23. The van der Waals surface area contributed by atoms with Gasteiger partial charge in [-0.25, -0.2) is 19.4 Å². The number of pyridine rings is 1. The number of hydrogen-bond donors (Lipinski definition) is 0. The van der Waals surface area contributed by atoms with Crippen LogP contribution in [0.25, 0.3) is 0 Å². The molecule has 0 N–H and O–H groups in total. The van der Waals surface area contributed by atoms with Crippen LogP contribution < -0.4 is 4.90 Å². The Hall–Kier alpha value is -2.36. The maximum atomic E-state index is 13.1. The van der Waals surface area contributed by atoms with E-state index in [9.17, 15) is 14.4 Å². The summed E-state index contributed by atoms with van der Waals surface area (Å²) in [7, 11) is 1.25. The third-order valence-corrected chi connectivity index (χ3v) is 4.72. The van der Waals surface area contributed by atoms with E-state index < -0.39 is 41.4 Å². The van der Waals surface area contributed by atoms with Crippen LogP contribution in [0.5, 0.6) is 0 Å². The summed E-state index contributed by atoms with van der Waals surface area (Å²) in [6.07, 6.45) is -1.13. The number of carbonyl (C=O) groups excluding carboxylic acids is 3. The summed E-state index contributed by atoms with van der Waals surface area (Å²) in [6.45, 7) is 18.6. The van der Waals surface area contributed by atoms with Crippen LogP contribution in [0, 0.1) is 0 Å². The first-order valence-electron chi connectivity index (χ1n) is 11.9. The molecule has 0 radical (unpaired) electrons. The molecule has 9 nitrogen and oxygen atoms in total. The van der Waals surface area contributed by atoms with Gasteiger partial charge in [0.2, 0.25) is 0 Å². The van der Waals surface area contributed by atoms with Crippen molar-refractivity contribution in [3.05, 3.63) is 22.8 Å². The fourth-order valence-electron chi connectivity index (χ4n) is 3.16. The van der Waals surface area contributed by atoms with Gasteiger partial charge in [0.25, 0.3) is 0 Å². The molecule has 10 heteroatoms. The first-order valence-corrected chi connectivity index (χ1v) is 12.7. The molecule has 1 aliphatic heterocycles. The molecule has 1 saturated heterocycles. The molecule has 2 atom stereocenters. The van der Waals surface area contributed by atoms with E-state index in [0.717, 1.165) is 0 Å². The van der Waals surface area contributed by atoms with Gasteiger partial charge in [-0.3, -0.25) is 9.80 Å². The zero-order valence-electron chi connectivity index (χ0n) is 23.0. The van der Waals surface area contributed by atoms with Crippen LogP contribution in [-0.2, 0) is 19.0 Å². The molecule has 1 fully saturated rings. The fourth-order valence-corrected chi connectivity index (χ4v) is 3.49. The van der Waals surface area contributed by atoms with Crippen molar-refractivity contribution in [3.8, 4) is 0 Å². The van der Waals surface area contributed by atoms with Crippen molar-refractivity contribution in [2.45, 2.75) is 98.9 Å². The quantitative estimate of drug-likeness (QED) is 0.247. The van der Waals surface area contributed by atoms with E-state index in [1.54, 1.807) is 59.7 Å². The number of aromatic nitrogens is 1. The summed E-state index contributed by atoms with van der Waals surface area (Å²) in [5.41, 5.74) is -1.49.